The Balaban J connectivity index is 1.94. The van der Waals surface area contributed by atoms with Gasteiger partial charge in [0.25, 0.3) is 0 Å². The number of nitrogen functional groups attached to an aromatic ring is 1. The quantitative estimate of drug-likeness (QED) is 0.818. The van der Waals surface area contributed by atoms with Crippen LogP contribution in [0.2, 0.25) is 0 Å². The van der Waals surface area contributed by atoms with Crippen LogP contribution in [0.1, 0.15) is 5.56 Å². The Morgan fingerprint density at radius 1 is 1.33 bits per heavy atom. The summed E-state index contributed by atoms with van der Waals surface area (Å²) in [6.45, 7) is 3.25. The minimum absolute atomic E-state index is 0.541. The zero-order valence-corrected chi connectivity index (χ0v) is 11.2. The maximum atomic E-state index is 11.4. The van der Waals surface area contributed by atoms with E-state index in [9.17, 15) is 8.42 Å². The molecule has 0 amide bonds. The third-order valence-corrected chi connectivity index (χ3v) is 4.42. The summed E-state index contributed by atoms with van der Waals surface area (Å²) < 4.78 is 24.3. The predicted molar refractivity (Wildman–Crippen MR) is 70.3 cm³/mol. The summed E-state index contributed by atoms with van der Waals surface area (Å²) in [4.78, 5) is 6.23. The van der Waals surface area contributed by atoms with E-state index in [4.69, 9.17) is 5.73 Å². The van der Waals surface area contributed by atoms with E-state index < -0.39 is 10.0 Å². The first kappa shape index (κ1) is 13.3. The minimum atomic E-state index is -3.06. The Morgan fingerprint density at radius 2 is 2.00 bits per heavy atom. The van der Waals surface area contributed by atoms with Crippen molar-refractivity contribution in [2.75, 3.05) is 38.2 Å². The van der Waals surface area contributed by atoms with Crippen LogP contribution in [0.4, 0.5) is 5.82 Å². The van der Waals surface area contributed by atoms with Gasteiger partial charge in [0.15, 0.2) is 0 Å². The first-order chi connectivity index (χ1) is 8.47. The molecule has 1 aliphatic rings. The second kappa shape index (κ2) is 5.21. The molecule has 0 unspecified atom stereocenters. The van der Waals surface area contributed by atoms with Gasteiger partial charge in [-0.3, -0.25) is 4.90 Å². The van der Waals surface area contributed by atoms with Gasteiger partial charge < -0.3 is 5.73 Å². The van der Waals surface area contributed by atoms with Crippen LogP contribution < -0.4 is 5.73 Å². The third-order valence-electron chi connectivity index (χ3n) is 3.12. The Morgan fingerprint density at radius 3 is 2.56 bits per heavy atom. The fourth-order valence-corrected chi connectivity index (χ4v) is 2.87. The largest absolute Gasteiger partial charge is 0.383 e. The van der Waals surface area contributed by atoms with E-state index in [0.717, 1.165) is 25.2 Å². The van der Waals surface area contributed by atoms with Gasteiger partial charge in [-0.25, -0.2) is 13.4 Å². The number of anilines is 1. The van der Waals surface area contributed by atoms with E-state index in [-0.39, 0.29) is 0 Å². The zero-order chi connectivity index (χ0) is 13.2. The van der Waals surface area contributed by atoms with Crippen LogP contribution in [0.5, 0.6) is 0 Å². The highest BCUT2D eigenvalue weighted by atomic mass is 32.2. The molecule has 0 aromatic carbocycles. The summed E-state index contributed by atoms with van der Waals surface area (Å²) in [7, 11) is -3.06. The molecule has 7 heteroatoms. The second-order valence-electron chi connectivity index (χ2n) is 4.49. The van der Waals surface area contributed by atoms with Crippen LogP contribution in [0, 0.1) is 0 Å². The molecule has 0 saturated carbocycles. The Hall–Kier alpha value is -1.18. The summed E-state index contributed by atoms with van der Waals surface area (Å²) in [5, 5.41) is 0. The Labute approximate surface area is 107 Å². The number of hydrogen-bond donors (Lipinski definition) is 1. The summed E-state index contributed by atoms with van der Waals surface area (Å²) in [5.41, 5.74) is 6.78. The number of pyridine rings is 1. The van der Waals surface area contributed by atoms with E-state index in [0.29, 0.717) is 18.9 Å². The van der Waals surface area contributed by atoms with Gasteiger partial charge in [0.1, 0.15) is 5.82 Å². The second-order valence-corrected chi connectivity index (χ2v) is 6.47. The van der Waals surface area contributed by atoms with Crippen molar-refractivity contribution in [3.8, 4) is 0 Å². The molecular weight excluding hydrogens is 252 g/mol. The fourth-order valence-electron chi connectivity index (χ4n) is 2.04. The number of nitrogens with two attached hydrogens (primary N) is 1. The SMILES string of the molecule is CS(=O)(=O)N1CCN(Cc2cccnc2N)CC1. The average molecular weight is 270 g/mol. The van der Waals surface area contributed by atoms with Crippen LogP contribution in [-0.2, 0) is 16.6 Å². The van der Waals surface area contributed by atoms with Gasteiger partial charge in [-0.1, -0.05) is 6.07 Å². The topological polar surface area (TPSA) is 79.5 Å². The van der Waals surface area contributed by atoms with Gasteiger partial charge in [-0.15, -0.1) is 0 Å². The maximum absolute atomic E-state index is 11.4. The van der Waals surface area contributed by atoms with E-state index >= 15 is 0 Å². The van der Waals surface area contributed by atoms with Crippen molar-refractivity contribution < 1.29 is 8.42 Å². The standard InChI is InChI=1S/C11H18N4O2S/c1-18(16,17)15-7-5-14(6-8-15)9-10-3-2-4-13-11(10)12/h2-4H,5-9H2,1H3,(H2,12,13). The van der Waals surface area contributed by atoms with Crippen LogP contribution in [-0.4, -0.2) is 55.0 Å². The lowest BCUT2D eigenvalue weighted by atomic mass is 10.2. The Kier molecular flexibility index (Phi) is 3.84. The van der Waals surface area contributed by atoms with Crippen LogP contribution in [0.15, 0.2) is 18.3 Å². The third kappa shape index (κ3) is 3.18. The van der Waals surface area contributed by atoms with Gasteiger partial charge in [-0.2, -0.15) is 4.31 Å². The molecule has 2 heterocycles. The predicted octanol–water partition coefficient (Wildman–Crippen LogP) is -0.259. The molecule has 2 N–H and O–H groups in total. The molecule has 1 aromatic rings. The molecule has 1 fully saturated rings. The lowest BCUT2D eigenvalue weighted by Crippen LogP contribution is -2.47. The number of rotatable bonds is 3. The van der Waals surface area contributed by atoms with Gasteiger partial charge in [-0.05, 0) is 6.07 Å². The molecule has 0 aliphatic carbocycles. The normalized spacial score (nSPS) is 18.9. The number of piperazine rings is 1. The number of aromatic nitrogens is 1. The number of nitrogens with zero attached hydrogens (tertiary/aromatic N) is 3. The summed E-state index contributed by atoms with van der Waals surface area (Å²) in [6.07, 6.45) is 2.92. The highest BCUT2D eigenvalue weighted by Crippen LogP contribution is 2.13. The molecule has 18 heavy (non-hydrogen) atoms. The lowest BCUT2D eigenvalue weighted by molar-refractivity contribution is 0.182. The molecule has 1 saturated heterocycles. The molecule has 100 valence electrons. The highest BCUT2D eigenvalue weighted by Gasteiger charge is 2.23. The summed E-state index contributed by atoms with van der Waals surface area (Å²) in [6, 6.07) is 3.81. The van der Waals surface area contributed by atoms with Crippen molar-refractivity contribution in [2.45, 2.75) is 6.54 Å². The highest BCUT2D eigenvalue weighted by molar-refractivity contribution is 7.88. The van der Waals surface area contributed by atoms with Crippen molar-refractivity contribution in [2.24, 2.45) is 0 Å². The molecule has 2 rings (SSSR count). The first-order valence-electron chi connectivity index (χ1n) is 5.83. The summed E-state index contributed by atoms with van der Waals surface area (Å²) >= 11 is 0. The molecule has 1 aromatic heterocycles. The maximum Gasteiger partial charge on any atom is 0.211 e. The minimum Gasteiger partial charge on any atom is -0.383 e. The summed E-state index contributed by atoms with van der Waals surface area (Å²) in [5.74, 6) is 0.544. The van der Waals surface area contributed by atoms with E-state index in [2.05, 4.69) is 9.88 Å². The average Bonchev–Trinajstić information content (AvgIpc) is 2.32. The van der Waals surface area contributed by atoms with Crippen molar-refractivity contribution in [1.29, 1.82) is 0 Å². The number of sulfonamides is 1. The van der Waals surface area contributed by atoms with E-state index in [1.165, 1.54) is 10.6 Å². The van der Waals surface area contributed by atoms with E-state index in [1.54, 1.807) is 6.20 Å². The zero-order valence-electron chi connectivity index (χ0n) is 10.4. The molecule has 0 radical (unpaired) electrons. The molecule has 0 bridgehead atoms. The van der Waals surface area contributed by atoms with Crippen LogP contribution in [0.3, 0.4) is 0 Å². The van der Waals surface area contributed by atoms with Crippen LogP contribution >= 0.6 is 0 Å². The fraction of sp³-hybridized carbons (Fsp3) is 0.545. The molecule has 0 spiro atoms. The molecular formula is C11H18N4O2S. The van der Waals surface area contributed by atoms with Crippen molar-refractivity contribution in [3.63, 3.8) is 0 Å². The van der Waals surface area contributed by atoms with Crippen molar-refractivity contribution >= 4 is 15.8 Å². The number of hydrogen-bond acceptors (Lipinski definition) is 5. The van der Waals surface area contributed by atoms with Crippen molar-refractivity contribution in [3.05, 3.63) is 23.9 Å². The van der Waals surface area contributed by atoms with E-state index in [1.807, 2.05) is 12.1 Å². The first-order valence-corrected chi connectivity index (χ1v) is 7.68. The Bertz CT molecular complexity index is 510. The van der Waals surface area contributed by atoms with Gasteiger partial charge in [0.2, 0.25) is 10.0 Å². The molecule has 6 nitrogen and oxygen atoms in total. The smallest absolute Gasteiger partial charge is 0.211 e. The molecule has 1 aliphatic heterocycles. The van der Waals surface area contributed by atoms with Gasteiger partial charge in [0, 0.05) is 44.5 Å². The monoisotopic (exact) mass is 270 g/mol. The van der Waals surface area contributed by atoms with Crippen LogP contribution in [0.25, 0.3) is 0 Å². The molecule has 0 atom stereocenters. The van der Waals surface area contributed by atoms with Crippen molar-refractivity contribution in [1.82, 2.24) is 14.2 Å². The van der Waals surface area contributed by atoms with Gasteiger partial charge in [0.05, 0.1) is 6.26 Å². The lowest BCUT2D eigenvalue weighted by Gasteiger charge is -2.33. The van der Waals surface area contributed by atoms with Gasteiger partial charge >= 0.3 is 0 Å².